The smallest absolute Gasteiger partial charge is 0.397 e. The lowest BCUT2D eigenvalue weighted by Gasteiger charge is -2.26. The van der Waals surface area contributed by atoms with Crippen LogP contribution in [0.2, 0.25) is 5.02 Å². The lowest BCUT2D eigenvalue weighted by molar-refractivity contribution is -0.0220. The number of para-hydroxylation sites is 1. The predicted octanol–water partition coefficient (Wildman–Crippen LogP) is 4.40. The number of aromatic amines is 1. The minimum atomic E-state index is -1.45. The van der Waals surface area contributed by atoms with Crippen molar-refractivity contribution in [3.8, 4) is 5.75 Å². The van der Waals surface area contributed by atoms with Gasteiger partial charge in [-0.1, -0.05) is 29.8 Å². The molecule has 4 rings (SSSR count). The highest BCUT2D eigenvalue weighted by molar-refractivity contribution is 7.71. The maximum Gasteiger partial charge on any atom is 0.397 e. The number of H-pyrrole nitrogens is 1. The van der Waals surface area contributed by atoms with Gasteiger partial charge in [0.1, 0.15) is 17.0 Å². The second-order valence-corrected chi connectivity index (χ2v) is 8.32. The molecule has 1 fully saturated rings. The maximum absolute atomic E-state index is 11.5. The number of benzene rings is 1. The van der Waals surface area contributed by atoms with Crippen molar-refractivity contribution in [1.82, 2.24) is 9.55 Å². The van der Waals surface area contributed by atoms with Crippen LogP contribution in [0.5, 0.6) is 5.75 Å². The Hall–Kier alpha value is -1.28. The minimum absolute atomic E-state index is 0.0772. The molecule has 3 heterocycles. The van der Waals surface area contributed by atoms with Crippen LogP contribution in [-0.2, 0) is 20.4 Å². The van der Waals surface area contributed by atoms with Gasteiger partial charge in [-0.05, 0) is 37.5 Å². The topological polar surface area (TPSA) is 74.7 Å². The van der Waals surface area contributed by atoms with Crippen LogP contribution < -0.4 is 10.1 Å². The van der Waals surface area contributed by atoms with E-state index in [1.165, 1.54) is 6.20 Å². The summed E-state index contributed by atoms with van der Waals surface area (Å²) in [6.45, 7) is 2.83. The van der Waals surface area contributed by atoms with E-state index < -0.39 is 14.2 Å². The summed E-state index contributed by atoms with van der Waals surface area (Å²) in [6, 6.07) is 5.97. The molecule has 0 aliphatic carbocycles. The fraction of sp³-hybridized carbons (Fsp3) is 0.412. The highest BCUT2D eigenvalue weighted by Gasteiger charge is 2.30. The van der Waals surface area contributed by atoms with Crippen molar-refractivity contribution in [2.24, 2.45) is 0 Å². The van der Waals surface area contributed by atoms with Crippen LogP contribution in [0, 0.1) is 11.7 Å². The molecule has 10 heteroatoms. The number of hydrogen-bond acceptors (Lipinski definition) is 6. The van der Waals surface area contributed by atoms with Crippen molar-refractivity contribution in [2.45, 2.75) is 38.7 Å². The zero-order chi connectivity index (χ0) is 19.0. The van der Waals surface area contributed by atoms with E-state index in [0.717, 1.165) is 29.7 Å². The average molecular weight is 429 g/mol. The maximum atomic E-state index is 11.5. The van der Waals surface area contributed by atoms with Crippen molar-refractivity contribution >= 4 is 32.4 Å². The summed E-state index contributed by atoms with van der Waals surface area (Å²) in [4.78, 5) is 14.0. The molecule has 1 N–H and O–H groups in total. The molecular weight excluding hydrogens is 411 g/mol. The van der Waals surface area contributed by atoms with Gasteiger partial charge in [0.05, 0.1) is 19.3 Å². The van der Waals surface area contributed by atoms with Crippen LogP contribution in [0.15, 0.2) is 29.2 Å². The first-order valence-electron chi connectivity index (χ1n) is 8.50. The Morgan fingerprint density at radius 3 is 3.15 bits per heavy atom. The van der Waals surface area contributed by atoms with Gasteiger partial charge in [0.15, 0.2) is 4.77 Å². The second kappa shape index (κ2) is 7.99. The van der Waals surface area contributed by atoms with Gasteiger partial charge in [-0.15, -0.1) is 0 Å². The molecule has 2 aliphatic rings. The SMILES string of the molecule is Cc1cccc2c1OP(OCC1CCC(n3cc(Cl)c(=O)[nH]c3=S)O1)OC2. The molecule has 2 aromatic rings. The largest absolute Gasteiger partial charge is 0.426 e. The fourth-order valence-electron chi connectivity index (χ4n) is 3.08. The number of hydrogen-bond donors (Lipinski definition) is 1. The van der Waals surface area contributed by atoms with Crippen molar-refractivity contribution in [1.29, 1.82) is 0 Å². The summed E-state index contributed by atoms with van der Waals surface area (Å²) >= 11 is 11.1. The Labute approximate surface area is 167 Å². The number of aryl methyl sites for hydroxylation is 1. The zero-order valence-corrected chi connectivity index (χ0v) is 17.0. The second-order valence-electron chi connectivity index (χ2n) is 6.38. The van der Waals surface area contributed by atoms with Crippen LogP contribution in [0.4, 0.5) is 0 Å². The van der Waals surface area contributed by atoms with E-state index in [4.69, 9.17) is 42.1 Å². The van der Waals surface area contributed by atoms with Gasteiger partial charge < -0.3 is 9.26 Å². The first kappa shape index (κ1) is 19.1. The quantitative estimate of drug-likeness (QED) is 0.574. The first-order valence-corrected chi connectivity index (χ1v) is 10.4. The normalized spacial score (nSPS) is 24.4. The Bertz CT molecular complexity index is 965. The Balaban J connectivity index is 1.35. The number of rotatable bonds is 4. The van der Waals surface area contributed by atoms with E-state index in [1.807, 2.05) is 25.1 Å². The van der Waals surface area contributed by atoms with Gasteiger partial charge in [-0.25, -0.2) is 0 Å². The molecule has 1 aromatic heterocycles. The summed E-state index contributed by atoms with van der Waals surface area (Å²) < 4.78 is 25.3. The third-order valence-corrected chi connectivity index (χ3v) is 6.08. The highest BCUT2D eigenvalue weighted by Crippen LogP contribution is 2.48. The number of fused-ring (bicyclic) bond motifs is 1. The number of aromatic nitrogens is 2. The molecule has 0 bridgehead atoms. The standard InChI is InChI=1S/C17H18ClN2O5PS/c1-10-3-2-4-11-8-22-26(25-15(10)11)23-9-12-5-6-14(24-12)20-7-13(18)16(21)19-17(20)27/h2-4,7,12,14H,5-6,8-9H2,1H3,(H,19,21,27). The van der Waals surface area contributed by atoms with Crippen molar-refractivity contribution in [2.75, 3.05) is 6.61 Å². The number of halogens is 1. The summed E-state index contributed by atoms with van der Waals surface area (Å²) in [5, 5.41) is 0.0772. The summed E-state index contributed by atoms with van der Waals surface area (Å²) in [7, 11) is -1.45. The predicted molar refractivity (Wildman–Crippen MR) is 104 cm³/mol. The average Bonchev–Trinajstić information content (AvgIpc) is 3.12. The first-order chi connectivity index (χ1) is 13.0. The third kappa shape index (κ3) is 4.11. The Kier molecular flexibility index (Phi) is 5.64. The van der Waals surface area contributed by atoms with Gasteiger partial charge in [-0.2, -0.15) is 0 Å². The van der Waals surface area contributed by atoms with Crippen LogP contribution in [0.3, 0.4) is 0 Å². The summed E-state index contributed by atoms with van der Waals surface area (Å²) in [5.41, 5.74) is 1.69. The van der Waals surface area contributed by atoms with E-state index in [1.54, 1.807) is 4.57 Å². The van der Waals surface area contributed by atoms with Crippen molar-refractivity contribution < 1.29 is 18.3 Å². The number of ether oxygens (including phenoxy) is 1. The zero-order valence-electron chi connectivity index (χ0n) is 14.5. The molecule has 0 amide bonds. The minimum Gasteiger partial charge on any atom is -0.426 e. The molecule has 0 saturated carbocycles. The van der Waals surface area contributed by atoms with Gasteiger partial charge in [-0.3, -0.25) is 23.4 Å². The van der Waals surface area contributed by atoms with Crippen molar-refractivity contribution in [3.63, 3.8) is 0 Å². The third-order valence-electron chi connectivity index (χ3n) is 4.47. The molecule has 7 nitrogen and oxygen atoms in total. The van der Waals surface area contributed by atoms with Crippen LogP contribution >= 0.6 is 32.4 Å². The lowest BCUT2D eigenvalue weighted by atomic mass is 10.1. The fourth-order valence-corrected chi connectivity index (χ4v) is 4.61. The van der Waals surface area contributed by atoms with E-state index in [2.05, 4.69) is 4.98 Å². The molecule has 1 aromatic carbocycles. The monoisotopic (exact) mass is 428 g/mol. The summed E-state index contributed by atoms with van der Waals surface area (Å²) in [6.07, 6.45) is 2.64. The van der Waals surface area contributed by atoms with E-state index in [0.29, 0.717) is 13.2 Å². The Morgan fingerprint density at radius 2 is 2.30 bits per heavy atom. The summed E-state index contributed by atoms with van der Waals surface area (Å²) in [5.74, 6) is 0.842. The molecule has 2 aliphatic heterocycles. The lowest BCUT2D eigenvalue weighted by Crippen LogP contribution is -2.20. The van der Waals surface area contributed by atoms with Gasteiger partial charge >= 0.3 is 8.60 Å². The molecule has 3 atom stereocenters. The van der Waals surface area contributed by atoms with E-state index in [-0.39, 0.29) is 22.1 Å². The van der Waals surface area contributed by atoms with Crippen LogP contribution in [-0.4, -0.2) is 22.3 Å². The van der Waals surface area contributed by atoms with Crippen LogP contribution in [0.25, 0.3) is 0 Å². The number of nitrogens with zero attached hydrogens (tertiary/aromatic N) is 1. The van der Waals surface area contributed by atoms with Gasteiger partial charge in [0, 0.05) is 11.8 Å². The molecular formula is C17H18ClN2O5PS. The number of nitrogens with one attached hydrogen (secondary N) is 1. The molecule has 27 heavy (non-hydrogen) atoms. The molecule has 0 radical (unpaired) electrons. The van der Waals surface area contributed by atoms with E-state index >= 15 is 0 Å². The molecule has 0 spiro atoms. The Morgan fingerprint density at radius 1 is 1.44 bits per heavy atom. The highest BCUT2D eigenvalue weighted by atomic mass is 35.5. The van der Waals surface area contributed by atoms with Crippen molar-refractivity contribution in [3.05, 3.63) is 55.7 Å². The molecule has 3 unspecified atom stereocenters. The van der Waals surface area contributed by atoms with E-state index in [9.17, 15) is 4.79 Å². The molecule has 144 valence electrons. The molecule has 1 saturated heterocycles. The van der Waals surface area contributed by atoms with Gasteiger partial charge in [0.2, 0.25) is 0 Å². The van der Waals surface area contributed by atoms with Gasteiger partial charge in [0.25, 0.3) is 5.56 Å². The van der Waals surface area contributed by atoms with Crippen LogP contribution in [0.1, 0.15) is 30.2 Å².